The molecule has 4 N–H and O–H groups in total. The number of fused-ring (bicyclic) bond motifs is 1. The Morgan fingerprint density at radius 2 is 1.41 bits per heavy atom. The maximum Gasteiger partial charge on any atom is 0.333 e. The van der Waals surface area contributed by atoms with Crippen molar-refractivity contribution < 1.29 is 39.5 Å². The van der Waals surface area contributed by atoms with E-state index in [1.807, 2.05) is 26.8 Å². The molecular weight excluding hydrogens is 620 g/mol. The number of carbonyl (C=O) groups is 2. The monoisotopic (exact) mass is 688 g/mol. The molecule has 0 amide bonds. The Labute approximate surface area is 296 Å². The van der Waals surface area contributed by atoms with Gasteiger partial charge in [-0.05, 0) is 113 Å². The van der Waals surface area contributed by atoms with Gasteiger partial charge < -0.3 is 29.9 Å². The van der Waals surface area contributed by atoms with Crippen molar-refractivity contribution in [3.8, 4) is 0 Å². The van der Waals surface area contributed by atoms with Gasteiger partial charge in [0.15, 0.2) is 0 Å². The highest BCUT2D eigenvalue weighted by molar-refractivity contribution is 5.88. The average Bonchev–Trinajstić information content (AvgIpc) is 3.04. The number of hydrogen-bond acceptors (Lipinski definition) is 8. The van der Waals surface area contributed by atoms with Crippen molar-refractivity contribution in [3.05, 3.63) is 36.0 Å². The SMILES string of the molecule is C=CCC1[C@@]2(C)CC[C@H](O)[C@](C)(COC(=O)/C(C)=C/C)C2CC[C@@]1(C)C(C)(C)C[C@@H](O)[C@]1(COC(=O)/C(C)=C/C)CCC(C)(C)[C@@H](O)[C@@H]1O. The van der Waals surface area contributed by atoms with Crippen LogP contribution in [-0.4, -0.2) is 70.0 Å². The first-order valence-electron chi connectivity index (χ1n) is 18.5. The van der Waals surface area contributed by atoms with Crippen LogP contribution in [0.5, 0.6) is 0 Å². The van der Waals surface area contributed by atoms with Gasteiger partial charge in [-0.25, -0.2) is 9.59 Å². The van der Waals surface area contributed by atoms with Crippen molar-refractivity contribution in [3.63, 3.8) is 0 Å². The van der Waals surface area contributed by atoms with Gasteiger partial charge in [-0.2, -0.15) is 0 Å². The molecule has 8 nitrogen and oxygen atoms in total. The van der Waals surface area contributed by atoms with Gasteiger partial charge >= 0.3 is 11.9 Å². The van der Waals surface area contributed by atoms with Crippen LogP contribution in [-0.2, 0) is 19.1 Å². The minimum Gasteiger partial charge on any atom is -0.462 e. The third kappa shape index (κ3) is 7.36. The van der Waals surface area contributed by atoms with Gasteiger partial charge in [-0.1, -0.05) is 66.7 Å². The van der Waals surface area contributed by atoms with Crippen LogP contribution in [0.1, 0.15) is 128 Å². The molecule has 280 valence electrons. The van der Waals surface area contributed by atoms with Crippen LogP contribution < -0.4 is 0 Å². The maximum atomic E-state index is 12.8. The van der Waals surface area contributed by atoms with Gasteiger partial charge in [0.05, 0.1) is 36.4 Å². The normalized spacial score (nSPS) is 39.0. The van der Waals surface area contributed by atoms with Crippen LogP contribution in [0.25, 0.3) is 0 Å². The van der Waals surface area contributed by atoms with E-state index in [1.165, 1.54) is 0 Å². The lowest BCUT2D eigenvalue weighted by Crippen LogP contribution is -2.64. The van der Waals surface area contributed by atoms with Crippen LogP contribution >= 0.6 is 0 Å². The van der Waals surface area contributed by atoms with E-state index < -0.39 is 52.0 Å². The number of ether oxygens (including phenoxy) is 2. The van der Waals surface area contributed by atoms with Gasteiger partial charge in [-0.15, -0.1) is 6.58 Å². The molecule has 3 saturated carbocycles. The fourth-order valence-corrected chi connectivity index (χ4v) is 10.1. The van der Waals surface area contributed by atoms with Gasteiger partial charge in [0, 0.05) is 16.6 Å². The topological polar surface area (TPSA) is 134 Å². The Morgan fingerprint density at radius 1 is 0.857 bits per heavy atom. The molecule has 3 rings (SSSR count). The van der Waals surface area contributed by atoms with Crippen molar-refractivity contribution in [1.82, 2.24) is 0 Å². The van der Waals surface area contributed by atoms with Gasteiger partial charge in [0.25, 0.3) is 0 Å². The van der Waals surface area contributed by atoms with E-state index >= 15 is 0 Å². The van der Waals surface area contributed by atoms with Gasteiger partial charge in [0.2, 0.25) is 0 Å². The first-order chi connectivity index (χ1) is 22.5. The molecule has 2 unspecified atom stereocenters. The fourth-order valence-electron chi connectivity index (χ4n) is 10.1. The van der Waals surface area contributed by atoms with Crippen molar-refractivity contribution in [2.75, 3.05) is 13.2 Å². The summed E-state index contributed by atoms with van der Waals surface area (Å²) in [6, 6.07) is 0. The predicted molar refractivity (Wildman–Crippen MR) is 193 cm³/mol. The first-order valence-corrected chi connectivity index (χ1v) is 18.5. The van der Waals surface area contributed by atoms with Crippen LogP contribution in [0.15, 0.2) is 36.0 Å². The number of hydrogen-bond donors (Lipinski definition) is 4. The summed E-state index contributed by atoms with van der Waals surface area (Å²) in [4.78, 5) is 25.5. The smallest absolute Gasteiger partial charge is 0.333 e. The van der Waals surface area contributed by atoms with Crippen LogP contribution in [0.2, 0.25) is 0 Å². The Balaban J connectivity index is 2.00. The summed E-state index contributed by atoms with van der Waals surface area (Å²) in [6.07, 6.45) is 6.37. The first kappa shape index (κ1) is 41.4. The summed E-state index contributed by atoms with van der Waals surface area (Å²) in [6.45, 7) is 26.0. The van der Waals surface area contributed by atoms with E-state index in [0.29, 0.717) is 36.8 Å². The number of esters is 2. The number of allylic oxidation sites excluding steroid dienone is 3. The summed E-state index contributed by atoms with van der Waals surface area (Å²) in [5, 5.41) is 46.8. The van der Waals surface area contributed by atoms with Gasteiger partial charge in [0.1, 0.15) is 6.61 Å². The molecule has 0 aromatic rings. The second-order valence-electron chi connectivity index (χ2n) is 18.0. The summed E-state index contributed by atoms with van der Waals surface area (Å²) >= 11 is 0. The molecule has 0 aromatic heterocycles. The Kier molecular flexibility index (Phi) is 12.6. The van der Waals surface area contributed by atoms with E-state index in [2.05, 4.69) is 41.2 Å². The van der Waals surface area contributed by atoms with E-state index in [9.17, 15) is 30.0 Å². The Bertz CT molecular complexity index is 1280. The van der Waals surface area contributed by atoms with E-state index in [0.717, 1.165) is 25.7 Å². The maximum absolute atomic E-state index is 12.8. The van der Waals surface area contributed by atoms with Crippen LogP contribution in [0.4, 0.5) is 0 Å². The summed E-state index contributed by atoms with van der Waals surface area (Å²) in [7, 11) is 0. The average molecular weight is 689 g/mol. The molecule has 0 saturated heterocycles. The second-order valence-corrected chi connectivity index (χ2v) is 18.0. The molecular formula is C41H68O8. The molecule has 0 aliphatic heterocycles. The summed E-state index contributed by atoms with van der Waals surface area (Å²) < 4.78 is 11.6. The Morgan fingerprint density at radius 3 is 1.94 bits per heavy atom. The molecule has 3 aliphatic rings. The zero-order valence-electron chi connectivity index (χ0n) is 32.4. The number of aliphatic hydroxyl groups excluding tert-OH is 4. The molecule has 49 heavy (non-hydrogen) atoms. The number of rotatable bonds is 12. The van der Waals surface area contributed by atoms with Crippen LogP contribution in [0, 0.1) is 44.3 Å². The highest BCUT2D eigenvalue weighted by Gasteiger charge is 2.65. The van der Waals surface area contributed by atoms with Crippen LogP contribution in [0.3, 0.4) is 0 Å². The predicted octanol–water partition coefficient (Wildman–Crippen LogP) is 7.09. The quantitative estimate of drug-likeness (QED) is 0.0971. The molecule has 0 spiro atoms. The van der Waals surface area contributed by atoms with E-state index in [-0.39, 0.29) is 41.8 Å². The highest BCUT2D eigenvalue weighted by atomic mass is 16.5. The minimum absolute atomic E-state index is 0.0828. The number of carbonyl (C=O) groups excluding carboxylic acids is 2. The van der Waals surface area contributed by atoms with Crippen molar-refractivity contribution >= 4 is 11.9 Å². The van der Waals surface area contributed by atoms with Crippen molar-refractivity contribution in [1.29, 1.82) is 0 Å². The third-order valence-electron chi connectivity index (χ3n) is 14.6. The molecule has 3 fully saturated rings. The highest BCUT2D eigenvalue weighted by Crippen LogP contribution is 2.69. The minimum atomic E-state index is -1.29. The second kappa shape index (κ2) is 14.9. The molecule has 10 atom stereocenters. The molecule has 3 aliphatic carbocycles. The molecule has 0 radical (unpaired) electrons. The third-order valence-corrected chi connectivity index (χ3v) is 14.6. The molecule has 8 heteroatoms. The number of aliphatic hydroxyl groups is 4. The van der Waals surface area contributed by atoms with Crippen molar-refractivity contribution in [2.24, 2.45) is 44.3 Å². The lowest BCUT2D eigenvalue weighted by atomic mass is 9.38. The lowest BCUT2D eigenvalue weighted by Gasteiger charge is -2.67. The Hall–Kier alpha value is -2.00. The summed E-state index contributed by atoms with van der Waals surface area (Å²) in [5.41, 5.74) is -2.44. The molecule has 0 heterocycles. The molecule has 0 aromatic carbocycles. The zero-order valence-corrected chi connectivity index (χ0v) is 32.4. The van der Waals surface area contributed by atoms with E-state index in [4.69, 9.17) is 9.47 Å². The van der Waals surface area contributed by atoms with E-state index in [1.54, 1.807) is 32.9 Å². The largest absolute Gasteiger partial charge is 0.462 e. The van der Waals surface area contributed by atoms with Gasteiger partial charge in [-0.3, -0.25) is 0 Å². The van der Waals surface area contributed by atoms with Crippen molar-refractivity contribution in [2.45, 2.75) is 152 Å². The molecule has 0 bridgehead atoms. The fraction of sp³-hybridized carbons (Fsp3) is 0.805. The zero-order chi connectivity index (χ0) is 37.4. The standard InChI is InChI=1S/C41H68O8/c1-13-16-29-38(10)19-18-30(42)39(11,24-48-34(46)26(4)14-2)28(38)17-20-40(29,12)37(8,9)23-31(43)41(25-49-35(47)27(5)15-3)22-21-36(6,7)32(44)33(41)45/h13-15,28-33,42-45H,1,16-25H2,2-12H3/b26-14+,27-15+/t28?,29?,30-,31+,32-,33-,38-,39+,40+,41+/m0/s1. The lowest BCUT2D eigenvalue weighted by molar-refractivity contribution is -0.228. The summed E-state index contributed by atoms with van der Waals surface area (Å²) in [5.74, 6) is -0.650.